The van der Waals surface area contributed by atoms with Crippen LogP contribution >= 0.6 is 0 Å². The molecule has 4 N–H and O–H groups in total. The van der Waals surface area contributed by atoms with Crippen LogP contribution < -0.4 is 11.3 Å². The van der Waals surface area contributed by atoms with E-state index in [1.807, 2.05) is 5.43 Å². The Balaban J connectivity index is 2.48. The average molecular weight is 270 g/mol. The summed E-state index contributed by atoms with van der Waals surface area (Å²) in [5.41, 5.74) is 0.877. The number of hydrazine groups is 1. The molecule has 1 aromatic carbocycles. The van der Waals surface area contributed by atoms with Gasteiger partial charge in [-0.05, 0) is 6.07 Å². The SMILES string of the molecule is NNC(=O)c1cnc(-c2ccccc2C(F)(F)F)[nH]1. The number of nitrogens with one attached hydrogen (secondary N) is 2. The Morgan fingerprint density at radius 1 is 1.32 bits per heavy atom. The molecule has 0 unspecified atom stereocenters. The molecule has 100 valence electrons. The zero-order valence-corrected chi connectivity index (χ0v) is 9.45. The quantitative estimate of drug-likeness (QED) is 0.441. The Morgan fingerprint density at radius 2 is 2.00 bits per heavy atom. The molecule has 0 aliphatic rings. The monoisotopic (exact) mass is 270 g/mol. The predicted molar refractivity (Wildman–Crippen MR) is 60.7 cm³/mol. The molecule has 1 heterocycles. The van der Waals surface area contributed by atoms with Gasteiger partial charge in [0.25, 0.3) is 5.91 Å². The lowest BCUT2D eigenvalue weighted by atomic mass is 10.1. The van der Waals surface area contributed by atoms with Gasteiger partial charge in [0.15, 0.2) is 0 Å². The molecule has 0 atom stereocenters. The number of nitrogen functional groups attached to an aromatic ring is 1. The zero-order valence-electron chi connectivity index (χ0n) is 9.45. The molecule has 8 heteroatoms. The van der Waals surface area contributed by atoms with Crippen molar-refractivity contribution < 1.29 is 18.0 Å². The highest BCUT2D eigenvalue weighted by atomic mass is 19.4. The van der Waals surface area contributed by atoms with E-state index in [2.05, 4.69) is 9.97 Å². The fraction of sp³-hybridized carbons (Fsp3) is 0.0909. The number of alkyl halides is 3. The molecule has 0 aliphatic heterocycles. The Labute approximate surface area is 105 Å². The first-order valence-corrected chi connectivity index (χ1v) is 5.16. The summed E-state index contributed by atoms with van der Waals surface area (Å²) in [6, 6.07) is 4.95. The van der Waals surface area contributed by atoms with Gasteiger partial charge >= 0.3 is 6.18 Å². The maximum atomic E-state index is 12.8. The summed E-state index contributed by atoms with van der Waals surface area (Å²) < 4.78 is 38.5. The Kier molecular flexibility index (Phi) is 3.26. The molecule has 0 bridgehead atoms. The number of hydrogen-bond donors (Lipinski definition) is 3. The largest absolute Gasteiger partial charge is 0.417 e. The van der Waals surface area contributed by atoms with Gasteiger partial charge in [0, 0.05) is 5.56 Å². The molecule has 0 fully saturated rings. The van der Waals surface area contributed by atoms with Crippen LogP contribution in [0.5, 0.6) is 0 Å². The van der Waals surface area contributed by atoms with Gasteiger partial charge in [-0.15, -0.1) is 0 Å². The van der Waals surface area contributed by atoms with Crippen LogP contribution in [0.25, 0.3) is 11.4 Å². The van der Waals surface area contributed by atoms with Crippen LogP contribution in [-0.4, -0.2) is 15.9 Å². The molecule has 0 spiro atoms. The second-order valence-electron chi connectivity index (χ2n) is 3.66. The second-order valence-corrected chi connectivity index (χ2v) is 3.66. The maximum Gasteiger partial charge on any atom is 0.417 e. The Morgan fingerprint density at radius 3 is 2.63 bits per heavy atom. The van der Waals surface area contributed by atoms with Crippen molar-refractivity contribution in [1.29, 1.82) is 0 Å². The summed E-state index contributed by atoms with van der Waals surface area (Å²) in [6.45, 7) is 0. The molecule has 0 radical (unpaired) electrons. The first-order chi connectivity index (χ1) is 8.93. The van der Waals surface area contributed by atoms with Gasteiger partial charge in [-0.2, -0.15) is 13.2 Å². The lowest BCUT2D eigenvalue weighted by Gasteiger charge is -2.10. The molecule has 0 saturated carbocycles. The second kappa shape index (κ2) is 4.73. The van der Waals surface area contributed by atoms with Crippen molar-refractivity contribution in [3.8, 4) is 11.4 Å². The minimum atomic E-state index is -4.50. The number of benzene rings is 1. The van der Waals surface area contributed by atoms with E-state index in [-0.39, 0.29) is 17.1 Å². The lowest BCUT2D eigenvalue weighted by molar-refractivity contribution is -0.137. The summed E-state index contributed by atoms with van der Waals surface area (Å²) in [7, 11) is 0. The van der Waals surface area contributed by atoms with Crippen LogP contribution in [-0.2, 0) is 6.18 Å². The number of rotatable bonds is 2. The third kappa shape index (κ3) is 2.58. The van der Waals surface area contributed by atoms with E-state index in [1.54, 1.807) is 0 Å². The predicted octanol–water partition coefficient (Wildman–Crippen LogP) is 1.70. The third-order valence-electron chi connectivity index (χ3n) is 2.44. The fourth-order valence-electron chi connectivity index (χ4n) is 1.59. The maximum absolute atomic E-state index is 12.8. The van der Waals surface area contributed by atoms with Crippen molar-refractivity contribution >= 4 is 5.91 Å². The first-order valence-electron chi connectivity index (χ1n) is 5.16. The zero-order chi connectivity index (χ0) is 14.0. The number of H-pyrrole nitrogens is 1. The van der Waals surface area contributed by atoms with E-state index in [0.717, 1.165) is 12.3 Å². The lowest BCUT2D eigenvalue weighted by Crippen LogP contribution is -2.30. The number of amides is 1. The molecule has 1 aromatic heterocycles. The van der Waals surface area contributed by atoms with Gasteiger partial charge in [-0.25, -0.2) is 10.8 Å². The van der Waals surface area contributed by atoms with Gasteiger partial charge in [0.1, 0.15) is 11.5 Å². The molecule has 5 nitrogen and oxygen atoms in total. The fourth-order valence-corrected chi connectivity index (χ4v) is 1.59. The van der Waals surface area contributed by atoms with Gasteiger partial charge in [-0.3, -0.25) is 10.2 Å². The van der Waals surface area contributed by atoms with Crippen LogP contribution in [0, 0.1) is 0 Å². The summed E-state index contributed by atoms with van der Waals surface area (Å²) >= 11 is 0. The minimum absolute atomic E-state index is 0.0190. The number of nitrogens with zero attached hydrogens (tertiary/aromatic N) is 1. The molecule has 1 amide bonds. The number of carbonyl (C=O) groups excluding carboxylic acids is 1. The Bertz CT molecular complexity index is 606. The van der Waals surface area contributed by atoms with Crippen LogP contribution in [0.4, 0.5) is 13.2 Å². The number of imidazole rings is 1. The van der Waals surface area contributed by atoms with Crippen molar-refractivity contribution in [2.45, 2.75) is 6.18 Å². The molecule has 2 rings (SSSR count). The number of hydrogen-bond acceptors (Lipinski definition) is 3. The number of aromatic amines is 1. The van der Waals surface area contributed by atoms with Crippen molar-refractivity contribution in [3.05, 3.63) is 41.7 Å². The third-order valence-corrected chi connectivity index (χ3v) is 2.44. The van der Waals surface area contributed by atoms with Crippen LogP contribution in [0.1, 0.15) is 16.1 Å². The van der Waals surface area contributed by atoms with Gasteiger partial charge in [-0.1, -0.05) is 18.2 Å². The summed E-state index contributed by atoms with van der Waals surface area (Å²) in [5.74, 6) is 4.21. The smallest absolute Gasteiger partial charge is 0.334 e. The molecule has 19 heavy (non-hydrogen) atoms. The van der Waals surface area contributed by atoms with Crippen molar-refractivity contribution in [2.24, 2.45) is 5.84 Å². The van der Waals surface area contributed by atoms with E-state index in [4.69, 9.17) is 5.84 Å². The summed E-state index contributed by atoms with van der Waals surface area (Å²) in [5, 5.41) is 0. The minimum Gasteiger partial charge on any atom is -0.334 e. The van der Waals surface area contributed by atoms with Crippen molar-refractivity contribution in [3.63, 3.8) is 0 Å². The van der Waals surface area contributed by atoms with E-state index in [9.17, 15) is 18.0 Å². The normalized spacial score (nSPS) is 11.4. The standard InChI is InChI=1S/C11H9F3N4O/c12-11(13,14)7-4-2-1-3-6(7)9-16-5-8(17-9)10(19)18-15/h1-5H,15H2,(H,16,17)(H,18,19). The van der Waals surface area contributed by atoms with Gasteiger partial charge in [0.05, 0.1) is 11.8 Å². The van der Waals surface area contributed by atoms with Crippen LogP contribution in [0.3, 0.4) is 0 Å². The topological polar surface area (TPSA) is 83.8 Å². The number of aromatic nitrogens is 2. The first kappa shape index (κ1) is 13.1. The molecule has 0 saturated heterocycles. The number of halogens is 3. The van der Waals surface area contributed by atoms with E-state index in [1.165, 1.54) is 18.2 Å². The van der Waals surface area contributed by atoms with Crippen molar-refractivity contribution in [1.82, 2.24) is 15.4 Å². The van der Waals surface area contributed by atoms with Gasteiger partial charge in [0.2, 0.25) is 0 Å². The summed E-state index contributed by atoms with van der Waals surface area (Å²) in [6.07, 6.45) is -3.38. The molecule has 2 aromatic rings. The molecular weight excluding hydrogens is 261 g/mol. The molecule has 0 aliphatic carbocycles. The average Bonchev–Trinajstić information content (AvgIpc) is 2.86. The highest BCUT2D eigenvalue weighted by Gasteiger charge is 2.34. The van der Waals surface area contributed by atoms with Crippen LogP contribution in [0.2, 0.25) is 0 Å². The highest BCUT2D eigenvalue weighted by Crippen LogP contribution is 2.35. The molecular formula is C11H9F3N4O. The number of nitrogens with two attached hydrogens (primary N) is 1. The van der Waals surface area contributed by atoms with Gasteiger partial charge < -0.3 is 4.98 Å². The Hall–Kier alpha value is -2.35. The highest BCUT2D eigenvalue weighted by molar-refractivity contribution is 5.92. The van der Waals surface area contributed by atoms with E-state index < -0.39 is 17.6 Å². The van der Waals surface area contributed by atoms with Crippen LogP contribution in [0.15, 0.2) is 30.5 Å². The number of carbonyl (C=O) groups is 1. The van der Waals surface area contributed by atoms with E-state index >= 15 is 0 Å². The summed E-state index contributed by atoms with van der Waals surface area (Å²) in [4.78, 5) is 17.5. The van der Waals surface area contributed by atoms with Crippen molar-refractivity contribution in [2.75, 3.05) is 0 Å². The van der Waals surface area contributed by atoms with E-state index in [0.29, 0.717) is 0 Å².